The van der Waals surface area contributed by atoms with Crippen molar-refractivity contribution in [1.29, 1.82) is 0 Å². The lowest BCUT2D eigenvalue weighted by Crippen LogP contribution is -2.37. The van der Waals surface area contributed by atoms with Gasteiger partial charge in [0.05, 0.1) is 11.0 Å². The van der Waals surface area contributed by atoms with Gasteiger partial charge in [-0.2, -0.15) is 0 Å². The van der Waals surface area contributed by atoms with Gasteiger partial charge >= 0.3 is 0 Å². The first-order valence-corrected chi connectivity index (χ1v) is 7.50. The lowest BCUT2D eigenvalue weighted by Gasteiger charge is -2.20. The van der Waals surface area contributed by atoms with E-state index >= 15 is 0 Å². The quantitative estimate of drug-likeness (QED) is 0.917. The van der Waals surface area contributed by atoms with E-state index in [-0.39, 0.29) is 5.54 Å². The van der Waals surface area contributed by atoms with Crippen LogP contribution in [0.4, 0.5) is 0 Å². The molecule has 0 aliphatic carbocycles. The highest BCUT2D eigenvalue weighted by atomic mass is 15.1. The highest BCUT2D eigenvalue weighted by molar-refractivity contribution is 5.77. The maximum Gasteiger partial charge on any atom is 0.106 e. The van der Waals surface area contributed by atoms with Crippen LogP contribution in [0.25, 0.3) is 11.0 Å². The summed E-state index contributed by atoms with van der Waals surface area (Å²) >= 11 is 0. The maximum atomic E-state index is 4.69. The van der Waals surface area contributed by atoms with E-state index in [1.165, 1.54) is 11.1 Å². The zero-order valence-electron chi connectivity index (χ0n) is 13.6. The van der Waals surface area contributed by atoms with Gasteiger partial charge in [0.15, 0.2) is 0 Å². The molecule has 0 bridgehead atoms. The van der Waals surface area contributed by atoms with Crippen LogP contribution >= 0.6 is 0 Å². The molecule has 1 aromatic carbocycles. The number of aromatic nitrogens is 2. The molecule has 3 nitrogen and oxygen atoms in total. The van der Waals surface area contributed by atoms with Crippen LogP contribution in [0.1, 0.15) is 52.0 Å². The van der Waals surface area contributed by atoms with Gasteiger partial charge in [0.25, 0.3) is 0 Å². The highest BCUT2D eigenvalue weighted by Crippen LogP contribution is 2.21. The van der Waals surface area contributed by atoms with E-state index in [9.17, 15) is 0 Å². The fourth-order valence-corrected chi connectivity index (χ4v) is 2.65. The molecule has 1 aromatic heterocycles. The molecular formula is C17H27N3. The summed E-state index contributed by atoms with van der Waals surface area (Å²) in [6, 6.07) is 7.12. The molecule has 0 amide bonds. The van der Waals surface area contributed by atoms with E-state index < -0.39 is 0 Å². The number of rotatable bonds is 4. The summed E-state index contributed by atoms with van der Waals surface area (Å²) in [6.07, 6.45) is 1.04. The summed E-state index contributed by atoms with van der Waals surface area (Å²) in [6.45, 7) is 14.1. The van der Waals surface area contributed by atoms with Gasteiger partial charge in [0.2, 0.25) is 0 Å². The molecule has 0 atom stereocenters. The topological polar surface area (TPSA) is 29.9 Å². The lowest BCUT2D eigenvalue weighted by molar-refractivity contribution is 0.429. The smallest absolute Gasteiger partial charge is 0.106 e. The summed E-state index contributed by atoms with van der Waals surface area (Å²) in [5.74, 6) is 1.10. The summed E-state index contributed by atoms with van der Waals surface area (Å²) in [7, 11) is 0. The molecule has 0 saturated carbocycles. The van der Waals surface area contributed by atoms with Gasteiger partial charge in [0.1, 0.15) is 5.82 Å². The first-order chi connectivity index (χ1) is 9.28. The van der Waals surface area contributed by atoms with Crippen molar-refractivity contribution in [1.82, 2.24) is 14.9 Å². The minimum Gasteiger partial charge on any atom is -0.326 e. The summed E-state index contributed by atoms with van der Waals surface area (Å²) < 4.78 is 2.30. The van der Waals surface area contributed by atoms with Crippen LogP contribution in [0.15, 0.2) is 18.2 Å². The SMILES string of the molecule is Cc1nc2cc(CCNC(C)(C)C)ccc2n1C(C)C. The van der Waals surface area contributed by atoms with Crippen molar-refractivity contribution in [3.05, 3.63) is 29.6 Å². The molecule has 2 aromatic rings. The monoisotopic (exact) mass is 273 g/mol. The third-order valence-electron chi connectivity index (χ3n) is 3.52. The molecule has 2 rings (SSSR count). The maximum absolute atomic E-state index is 4.69. The number of nitrogens with one attached hydrogen (secondary N) is 1. The summed E-state index contributed by atoms with van der Waals surface area (Å²) in [5.41, 5.74) is 3.89. The minimum atomic E-state index is 0.180. The molecule has 0 saturated heterocycles. The van der Waals surface area contributed by atoms with E-state index in [1.807, 2.05) is 0 Å². The third kappa shape index (κ3) is 3.40. The Morgan fingerprint density at radius 2 is 1.95 bits per heavy atom. The Labute approximate surface area is 122 Å². The largest absolute Gasteiger partial charge is 0.326 e. The van der Waals surface area contributed by atoms with E-state index in [1.54, 1.807) is 0 Å². The Bertz CT molecular complexity index is 588. The second-order valence-corrected chi connectivity index (χ2v) is 6.87. The van der Waals surface area contributed by atoms with Crippen molar-refractivity contribution in [2.45, 2.75) is 59.5 Å². The number of nitrogens with zero attached hydrogens (tertiary/aromatic N) is 2. The second kappa shape index (κ2) is 5.57. The molecule has 1 N–H and O–H groups in total. The average molecular weight is 273 g/mol. The predicted molar refractivity (Wildman–Crippen MR) is 86.3 cm³/mol. The number of imidazole rings is 1. The van der Waals surface area contributed by atoms with E-state index in [0.717, 1.165) is 24.3 Å². The molecule has 0 radical (unpaired) electrons. The summed E-state index contributed by atoms with van der Waals surface area (Å²) in [4.78, 5) is 4.69. The average Bonchev–Trinajstić information content (AvgIpc) is 2.62. The Balaban J connectivity index is 2.18. The van der Waals surface area contributed by atoms with Crippen molar-refractivity contribution in [2.24, 2.45) is 0 Å². The standard InChI is InChI=1S/C17H27N3/c1-12(2)20-13(3)19-15-11-14(7-8-16(15)20)9-10-18-17(4,5)6/h7-8,11-12,18H,9-10H2,1-6H3. The molecule has 1 heterocycles. The van der Waals surface area contributed by atoms with Crippen LogP contribution in [0.5, 0.6) is 0 Å². The molecule has 0 aliphatic heterocycles. The third-order valence-corrected chi connectivity index (χ3v) is 3.52. The zero-order valence-corrected chi connectivity index (χ0v) is 13.6. The fourth-order valence-electron chi connectivity index (χ4n) is 2.65. The van der Waals surface area contributed by atoms with Crippen molar-refractivity contribution in [3.8, 4) is 0 Å². The van der Waals surface area contributed by atoms with Crippen molar-refractivity contribution in [3.63, 3.8) is 0 Å². The Morgan fingerprint density at radius 1 is 1.25 bits per heavy atom. The number of aryl methyl sites for hydroxylation is 1. The normalized spacial score (nSPS) is 12.6. The molecule has 0 spiro atoms. The molecule has 0 aliphatic rings. The Morgan fingerprint density at radius 3 is 2.55 bits per heavy atom. The van der Waals surface area contributed by atoms with Gasteiger partial charge in [-0.25, -0.2) is 4.98 Å². The first-order valence-electron chi connectivity index (χ1n) is 7.50. The number of hydrogen-bond acceptors (Lipinski definition) is 2. The molecule has 3 heteroatoms. The van der Waals surface area contributed by atoms with Gasteiger partial charge in [0, 0.05) is 11.6 Å². The molecule has 110 valence electrons. The van der Waals surface area contributed by atoms with Crippen LogP contribution in [-0.4, -0.2) is 21.6 Å². The minimum absolute atomic E-state index is 0.180. The van der Waals surface area contributed by atoms with E-state index in [2.05, 4.69) is 69.6 Å². The van der Waals surface area contributed by atoms with Crippen LogP contribution in [0.2, 0.25) is 0 Å². The van der Waals surface area contributed by atoms with E-state index in [4.69, 9.17) is 4.98 Å². The van der Waals surface area contributed by atoms with Gasteiger partial charge in [-0.15, -0.1) is 0 Å². The van der Waals surface area contributed by atoms with Crippen LogP contribution in [0, 0.1) is 6.92 Å². The molecule has 20 heavy (non-hydrogen) atoms. The Kier molecular flexibility index (Phi) is 4.19. The van der Waals surface area contributed by atoms with Gasteiger partial charge in [-0.3, -0.25) is 0 Å². The number of hydrogen-bond donors (Lipinski definition) is 1. The van der Waals surface area contributed by atoms with Crippen molar-refractivity contribution < 1.29 is 0 Å². The molecule has 0 unspecified atom stereocenters. The van der Waals surface area contributed by atoms with Crippen LogP contribution in [0.3, 0.4) is 0 Å². The lowest BCUT2D eigenvalue weighted by atomic mass is 10.1. The van der Waals surface area contributed by atoms with Gasteiger partial charge in [-0.1, -0.05) is 6.07 Å². The Hall–Kier alpha value is -1.35. The number of fused-ring (bicyclic) bond motifs is 1. The number of benzene rings is 1. The van der Waals surface area contributed by atoms with Crippen molar-refractivity contribution in [2.75, 3.05) is 6.54 Å². The molecular weight excluding hydrogens is 246 g/mol. The van der Waals surface area contributed by atoms with Gasteiger partial charge < -0.3 is 9.88 Å². The van der Waals surface area contributed by atoms with Crippen molar-refractivity contribution >= 4 is 11.0 Å². The van der Waals surface area contributed by atoms with E-state index in [0.29, 0.717) is 6.04 Å². The van der Waals surface area contributed by atoms with Crippen LogP contribution < -0.4 is 5.32 Å². The van der Waals surface area contributed by atoms with Gasteiger partial charge in [-0.05, 0) is 72.2 Å². The first kappa shape index (κ1) is 15.0. The predicted octanol–water partition coefficient (Wildman–Crippen LogP) is 3.86. The molecule has 0 fully saturated rings. The summed E-state index contributed by atoms with van der Waals surface area (Å²) in [5, 5.41) is 3.53. The highest BCUT2D eigenvalue weighted by Gasteiger charge is 2.11. The van der Waals surface area contributed by atoms with Crippen LogP contribution in [-0.2, 0) is 6.42 Å². The second-order valence-electron chi connectivity index (χ2n) is 6.87. The zero-order chi connectivity index (χ0) is 14.9. The fraction of sp³-hybridized carbons (Fsp3) is 0.588.